The van der Waals surface area contributed by atoms with Crippen molar-refractivity contribution in [2.75, 3.05) is 0 Å². The van der Waals surface area contributed by atoms with Crippen LogP contribution < -0.4 is 5.48 Å². The zero-order valence-corrected chi connectivity index (χ0v) is 14.5. The number of hydrogen-bond acceptors (Lipinski definition) is 3. The van der Waals surface area contributed by atoms with Crippen LogP contribution in [0.3, 0.4) is 0 Å². The van der Waals surface area contributed by atoms with Crippen LogP contribution in [0.1, 0.15) is 28.5 Å². The lowest BCUT2D eigenvalue weighted by Crippen LogP contribution is -2.24. The van der Waals surface area contributed by atoms with Gasteiger partial charge in [0.2, 0.25) is 0 Å². The number of hydrogen-bond donors (Lipinski definition) is 1. The predicted molar refractivity (Wildman–Crippen MR) is 96.6 cm³/mol. The SMILES string of the molecule is CCc1c(C(=O)NOCc2ccccc2)cnn1-c1cccc(Cl)c1. The van der Waals surface area contributed by atoms with Gasteiger partial charge < -0.3 is 0 Å². The molecule has 3 aromatic rings. The molecule has 0 saturated carbocycles. The van der Waals surface area contributed by atoms with Crippen LogP contribution in [0.2, 0.25) is 5.02 Å². The summed E-state index contributed by atoms with van der Waals surface area (Å²) in [5.41, 5.74) is 5.55. The normalized spacial score (nSPS) is 10.6. The lowest BCUT2D eigenvalue weighted by molar-refractivity contribution is 0.0233. The van der Waals surface area contributed by atoms with Gasteiger partial charge in [-0.25, -0.2) is 10.2 Å². The van der Waals surface area contributed by atoms with Crippen molar-refractivity contribution in [2.45, 2.75) is 20.0 Å². The molecule has 0 spiro atoms. The molecular weight excluding hydrogens is 338 g/mol. The Morgan fingerprint density at radius 1 is 1.20 bits per heavy atom. The second-order valence-corrected chi connectivity index (χ2v) is 5.89. The van der Waals surface area contributed by atoms with Crippen molar-refractivity contribution < 1.29 is 9.63 Å². The second kappa shape index (κ2) is 7.96. The molecule has 5 nitrogen and oxygen atoms in total. The van der Waals surface area contributed by atoms with Gasteiger partial charge in [0, 0.05) is 5.02 Å². The van der Waals surface area contributed by atoms with Gasteiger partial charge in [0.25, 0.3) is 5.91 Å². The number of benzene rings is 2. The van der Waals surface area contributed by atoms with Crippen LogP contribution in [0.4, 0.5) is 0 Å². The van der Waals surface area contributed by atoms with E-state index in [4.69, 9.17) is 16.4 Å². The molecule has 1 amide bonds. The van der Waals surface area contributed by atoms with Crippen molar-refractivity contribution in [1.29, 1.82) is 0 Å². The number of nitrogens with one attached hydrogen (secondary N) is 1. The summed E-state index contributed by atoms with van der Waals surface area (Å²) in [5.74, 6) is -0.318. The zero-order valence-electron chi connectivity index (χ0n) is 13.8. The summed E-state index contributed by atoms with van der Waals surface area (Å²) in [6.07, 6.45) is 2.19. The van der Waals surface area contributed by atoms with E-state index in [1.54, 1.807) is 23.0 Å². The number of hydroxylamine groups is 1. The van der Waals surface area contributed by atoms with E-state index in [-0.39, 0.29) is 5.91 Å². The highest BCUT2D eigenvalue weighted by atomic mass is 35.5. The molecule has 0 unspecified atom stereocenters. The van der Waals surface area contributed by atoms with E-state index in [0.717, 1.165) is 16.9 Å². The standard InChI is InChI=1S/C19H18ClN3O2/c1-2-18-17(12-21-23(18)16-10-6-9-15(20)11-16)19(24)22-25-13-14-7-4-3-5-8-14/h3-12H,2,13H2,1H3,(H,22,24). The van der Waals surface area contributed by atoms with Crippen LogP contribution in [-0.2, 0) is 17.9 Å². The highest BCUT2D eigenvalue weighted by molar-refractivity contribution is 6.30. The Kier molecular flexibility index (Phi) is 5.48. The molecule has 2 aromatic carbocycles. The molecule has 0 radical (unpaired) electrons. The van der Waals surface area contributed by atoms with Gasteiger partial charge in [-0.2, -0.15) is 5.10 Å². The van der Waals surface area contributed by atoms with Gasteiger partial charge >= 0.3 is 0 Å². The fourth-order valence-corrected chi connectivity index (χ4v) is 2.73. The van der Waals surface area contributed by atoms with Crippen LogP contribution in [-0.4, -0.2) is 15.7 Å². The van der Waals surface area contributed by atoms with Crippen molar-refractivity contribution in [1.82, 2.24) is 15.3 Å². The minimum absolute atomic E-state index is 0.302. The first-order valence-electron chi connectivity index (χ1n) is 7.98. The summed E-state index contributed by atoms with van der Waals surface area (Å²) in [5, 5.41) is 4.95. The van der Waals surface area contributed by atoms with E-state index in [9.17, 15) is 4.79 Å². The molecule has 3 rings (SSSR count). The molecule has 1 heterocycles. The minimum atomic E-state index is -0.318. The minimum Gasteiger partial charge on any atom is -0.269 e. The Labute approximate surface area is 151 Å². The van der Waals surface area contributed by atoms with Crippen LogP contribution in [0.5, 0.6) is 0 Å². The topological polar surface area (TPSA) is 56.1 Å². The molecule has 0 bridgehead atoms. The monoisotopic (exact) mass is 355 g/mol. The number of carbonyl (C=O) groups is 1. The van der Waals surface area contributed by atoms with Gasteiger partial charge in [-0.3, -0.25) is 9.63 Å². The second-order valence-electron chi connectivity index (χ2n) is 5.46. The van der Waals surface area contributed by atoms with Crippen molar-refractivity contribution in [3.8, 4) is 5.69 Å². The van der Waals surface area contributed by atoms with E-state index in [1.807, 2.05) is 49.4 Å². The molecule has 0 fully saturated rings. The molecule has 25 heavy (non-hydrogen) atoms. The number of aromatic nitrogens is 2. The average molecular weight is 356 g/mol. The van der Waals surface area contributed by atoms with Crippen LogP contribution in [0.15, 0.2) is 60.8 Å². The maximum absolute atomic E-state index is 12.4. The zero-order chi connectivity index (χ0) is 17.6. The predicted octanol–water partition coefficient (Wildman–Crippen LogP) is 3.95. The van der Waals surface area contributed by atoms with E-state index < -0.39 is 0 Å². The fraction of sp³-hybridized carbons (Fsp3) is 0.158. The molecule has 0 aliphatic heterocycles. The van der Waals surface area contributed by atoms with E-state index >= 15 is 0 Å². The Morgan fingerprint density at radius 2 is 2.00 bits per heavy atom. The largest absolute Gasteiger partial charge is 0.278 e. The molecule has 0 saturated heterocycles. The van der Waals surface area contributed by atoms with Gasteiger partial charge in [-0.05, 0) is 30.2 Å². The van der Waals surface area contributed by atoms with Gasteiger partial charge in [-0.15, -0.1) is 0 Å². The molecule has 0 aliphatic carbocycles. The van der Waals surface area contributed by atoms with Crippen LogP contribution >= 0.6 is 11.6 Å². The smallest absolute Gasteiger partial charge is 0.269 e. The number of amides is 1. The molecule has 1 aromatic heterocycles. The Balaban J connectivity index is 1.72. The highest BCUT2D eigenvalue weighted by Gasteiger charge is 2.17. The van der Waals surface area contributed by atoms with Gasteiger partial charge in [-0.1, -0.05) is 54.9 Å². The van der Waals surface area contributed by atoms with Crippen molar-refractivity contribution in [3.05, 3.63) is 82.6 Å². The maximum Gasteiger partial charge on any atom is 0.278 e. The molecule has 128 valence electrons. The summed E-state index contributed by atoms with van der Waals surface area (Å²) >= 11 is 6.05. The fourth-order valence-electron chi connectivity index (χ4n) is 2.55. The number of rotatable bonds is 6. The van der Waals surface area contributed by atoms with Gasteiger partial charge in [0.05, 0.1) is 29.7 Å². The summed E-state index contributed by atoms with van der Waals surface area (Å²) in [4.78, 5) is 17.7. The van der Waals surface area contributed by atoms with Crippen molar-refractivity contribution in [3.63, 3.8) is 0 Å². The van der Waals surface area contributed by atoms with Crippen LogP contribution in [0.25, 0.3) is 5.69 Å². The first kappa shape index (κ1) is 17.2. The number of halogens is 1. The Bertz CT molecular complexity index is 862. The summed E-state index contributed by atoms with van der Waals surface area (Å²) in [6.45, 7) is 2.27. The molecule has 0 atom stereocenters. The first-order valence-corrected chi connectivity index (χ1v) is 8.35. The third-order valence-corrected chi connectivity index (χ3v) is 3.98. The summed E-state index contributed by atoms with van der Waals surface area (Å²) < 4.78 is 1.72. The molecule has 0 aliphatic rings. The molecule has 1 N–H and O–H groups in total. The van der Waals surface area contributed by atoms with Gasteiger partial charge in [0.1, 0.15) is 0 Å². The van der Waals surface area contributed by atoms with Crippen molar-refractivity contribution in [2.24, 2.45) is 0 Å². The van der Waals surface area contributed by atoms with Crippen molar-refractivity contribution >= 4 is 17.5 Å². The van der Waals surface area contributed by atoms with E-state index in [1.165, 1.54) is 0 Å². The Hall–Kier alpha value is -2.63. The Morgan fingerprint density at radius 3 is 2.72 bits per heavy atom. The maximum atomic E-state index is 12.4. The number of nitrogens with zero attached hydrogens (tertiary/aromatic N) is 2. The van der Waals surface area contributed by atoms with E-state index in [0.29, 0.717) is 23.6 Å². The average Bonchev–Trinajstić information content (AvgIpc) is 3.06. The quantitative estimate of drug-likeness (QED) is 0.681. The summed E-state index contributed by atoms with van der Waals surface area (Å²) in [7, 11) is 0. The first-order chi connectivity index (χ1) is 12.2. The number of carbonyl (C=O) groups excluding carboxylic acids is 1. The summed E-state index contributed by atoms with van der Waals surface area (Å²) in [6, 6.07) is 17.0. The molecular formula is C19H18ClN3O2. The van der Waals surface area contributed by atoms with Crippen LogP contribution in [0, 0.1) is 0 Å². The van der Waals surface area contributed by atoms with Gasteiger partial charge in [0.15, 0.2) is 0 Å². The highest BCUT2D eigenvalue weighted by Crippen LogP contribution is 2.19. The third-order valence-electron chi connectivity index (χ3n) is 3.75. The molecule has 6 heteroatoms. The van der Waals surface area contributed by atoms with E-state index in [2.05, 4.69) is 10.6 Å². The lowest BCUT2D eigenvalue weighted by Gasteiger charge is -2.09. The third kappa shape index (κ3) is 4.07. The lowest BCUT2D eigenvalue weighted by atomic mass is 10.2.